The van der Waals surface area contributed by atoms with Crippen LogP contribution in [-0.4, -0.2) is 46.8 Å². The van der Waals surface area contributed by atoms with Crippen molar-refractivity contribution in [2.75, 3.05) is 19.7 Å². The number of carbonyl (C=O) groups is 1. The Morgan fingerprint density at radius 3 is 2.90 bits per heavy atom. The smallest absolute Gasteiger partial charge is 0.253 e. The van der Waals surface area contributed by atoms with Gasteiger partial charge < -0.3 is 15.1 Å². The van der Waals surface area contributed by atoms with Gasteiger partial charge >= 0.3 is 0 Å². The van der Waals surface area contributed by atoms with Crippen LogP contribution in [-0.2, 0) is 0 Å². The molecular weight excluding hydrogens is 290 g/mol. The summed E-state index contributed by atoms with van der Waals surface area (Å²) in [5, 5.41) is 18.7. The zero-order valence-electron chi connectivity index (χ0n) is 11.8. The number of benzene rings is 1. The minimum Gasteiger partial charge on any atom is -0.393 e. The van der Waals surface area contributed by atoms with E-state index in [1.54, 1.807) is 30.0 Å². The lowest BCUT2D eigenvalue weighted by molar-refractivity contribution is 0.0762. The van der Waals surface area contributed by atoms with E-state index in [1.807, 2.05) is 0 Å². The van der Waals surface area contributed by atoms with Crippen LogP contribution >= 0.6 is 11.6 Å². The molecule has 0 saturated carbocycles. The second-order valence-electron chi connectivity index (χ2n) is 5.20. The molecule has 5 heteroatoms. The fourth-order valence-corrected chi connectivity index (χ4v) is 2.66. The Morgan fingerprint density at radius 2 is 2.33 bits per heavy atom. The fourth-order valence-electron chi connectivity index (χ4n) is 2.43. The van der Waals surface area contributed by atoms with Crippen LogP contribution in [0.3, 0.4) is 0 Å². The highest BCUT2D eigenvalue weighted by Crippen LogP contribution is 2.23. The van der Waals surface area contributed by atoms with Gasteiger partial charge in [-0.05, 0) is 31.5 Å². The molecule has 1 aromatic carbocycles. The van der Waals surface area contributed by atoms with Crippen molar-refractivity contribution in [3.05, 3.63) is 34.3 Å². The number of hydrogen-bond donors (Lipinski definition) is 2. The zero-order chi connectivity index (χ0) is 15.4. The molecule has 0 bridgehead atoms. The standard InChI is InChI=1S/C16H18ClNO3/c1-11(20)14-6-7-18(10-14)16(21)13-5-4-12(3-2-8-19)15(17)9-13/h4-5,9,11,14,19-20H,6-8,10H2,1H3. The highest BCUT2D eigenvalue weighted by atomic mass is 35.5. The summed E-state index contributed by atoms with van der Waals surface area (Å²) < 4.78 is 0. The van der Waals surface area contributed by atoms with Crippen molar-refractivity contribution in [1.29, 1.82) is 0 Å². The SMILES string of the molecule is CC(O)C1CCN(C(=O)c2ccc(C#CCO)c(Cl)c2)C1. The predicted octanol–water partition coefficient (Wildman–Crippen LogP) is 1.53. The molecule has 1 aromatic rings. The van der Waals surface area contributed by atoms with Crippen LogP contribution in [0.15, 0.2) is 18.2 Å². The third kappa shape index (κ3) is 3.76. The van der Waals surface area contributed by atoms with Gasteiger partial charge in [0.1, 0.15) is 6.61 Å². The molecule has 2 unspecified atom stereocenters. The summed E-state index contributed by atoms with van der Waals surface area (Å²) in [7, 11) is 0. The van der Waals surface area contributed by atoms with Gasteiger partial charge in [-0.25, -0.2) is 0 Å². The summed E-state index contributed by atoms with van der Waals surface area (Å²) in [5.74, 6) is 5.31. The van der Waals surface area contributed by atoms with Crippen LogP contribution in [0.4, 0.5) is 0 Å². The number of amides is 1. The molecule has 1 fully saturated rings. The molecule has 2 N–H and O–H groups in total. The van der Waals surface area contributed by atoms with E-state index in [1.165, 1.54) is 0 Å². The summed E-state index contributed by atoms with van der Waals surface area (Å²) in [4.78, 5) is 14.1. The fraction of sp³-hybridized carbons (Fsp3) is 0.438. The monoisotopic (exact) mass is 307 g/mol. The topological polar surface area (TPSA) is 60.8 Å². The Bertz CT molecular complexity index is 589. The summed E-state index contributed by atoms with van der Waals surface area (Å²) in [6.07, 6.45) is 0.416. The number of likely N-dealkylation sites (tertiary alicyclic amines) is 1. The lowest BCUT2D eigenvalue weighted by Gasteiger charge is -2.18. The van der Waals surface area contributed by atoms with Crippen molar-refractivity contribution >= 4 is 17.5 Å². The van der Waals surface area contributed by atoms with Crippen LogP contribution in [0.25, 0.3) is 0 Å². The zero-order valence-corrected chi connectivity index (χ0v) is 12.6. The van der Waals surface area contributed by atoms with Crippen molar-refractivity contribution in [2.24, 2.45) is 5.92 Å². The van der Waals surface area contributed by atoms with Gasteiger partial charge in [-0.3, -0.25) is 4.79 Å². The second-order valence-corrected chi connectivity index (χ2v) is 5.60. The molecule has 1 aliphatic heterocycles. The first-order valence-corrected chi connectivity index (χ1v) is 7.27. The van der Waals surface area contributed by atoms with E-state index in [4.69, 9.17) is 16.7 Å². The molecule has 4 nitrogen and oxygen atoms in total. The molecule has 0 radical (unpaired) electrons. The molecule has 112 valence electrons. The van der Waals surface area contributed by atoms with E-state index >= 15 is 0 Å². The van der Waals surface area contributed by atoms with Crippen molar-refractivity contribution < 1.29 is 15.0 Å². The third-order valence-corrected chi connectivity index (χ3v) is 4.02. The first-order chi connectivity index (χ1) is 10.0. The summed E-state index contributed by atoms with van der Waals surface area (Å²) in [5.41, 5.74) is 1.10. The van der Waals surface area contributed by atoms with E-state index in [-0.39, 0.29) is 18.4 Å². The first kappa shape index (κ1) is 15.8. The molecule has 1 amide bonds. The van der Waals surface area contributed by atoms with Gasteiger partial charge in [-0.15, -0.1) is 0 Å². The Labute approximate surface area is 129 Å². The van der Waals surface area contributed by atoms with Gasteiger partial charge in [0.25, 0.3) is 5.91 Å². The van der Waals surface area contributed by atoms with Gasteiger partial charge in [0.15, 0.2) is 0 Å². The summed E-state index contributed by atoms with van der Waals surface area (Å²) in [6.45, 7) is 2.74. The van der Waals surface area contributed by atoms with Crippen LogP contribution in [0, 0.1) is 17.8 Å². The maximum atomic E-state index is 12.4. The Hall–Kier alpha value is -1.54. The number of rotatable bonds is 2. The average Bonchev–Trinajstić information content (AvgIpc) is 2.95. The Morgan fingerprint density at radius 1 is 1.57 bits per heavy atom. The number of hydrogen-bond acceptors (Lipinski definition) is 3. The van der Waals surface area contributed by atoms with E-state index in [0.29, 0.717) is 29.2 Å². The van der Waals surface area contributed by atoms with E-state index in [2.05, 4.69) is 11.8 Å². The lowest BCUT2D eigenvalue weighted by atomic mass is 10.0. The molecular formula is C16H18ClNO3. The maximum absolute atomic E-state index is 12.4. The van der Waals surface area contributed by atoms with E-state index < -0.39 is 6.10 Å². The van der Waals surface area contributed by atoms with Crippen molar-refractivity contribution in [2.45, 2.75) is 19.4 Å². The Balaban J connectivity index is 2.12. The summed E-state index contributed by atoms with van der Waals surface area (Å²) in [6, 6.07) is 4.97. The quantitative estimate of drug-likeness (QED) is 0.815. The van der Waals surface area contributed by atoms with Gasteiger partial charge in [-0.1, -0.05) is 23.4 Å². The van der Waals surface area contributed by atoms with Crippen molar-refractivity contribution in [3.63, 3.8) is 0 Å². The normalized spacial score (nSPS) is 19.0. The minimum atomic E-state index is -0.400. The van der Waals surface area contributed by atoms with E-state index in [0.717, 1.165) is 6.42 Å². The average molecular weight is 308 g/mol. The molecule has 1 heterocycles. The molecule has 2 atom stereocenters. The number of aliphatic hydroxyl groups is 2. The predicted molar refractivity (Wildman–Crippen MR) is 81.1 cm³/mol. The number of carbonyl (C=O) groups excluding carboxylic acids is 1. The molecule has 0 aliphatic carbocycles. The number of nitrogens with zero attached hydrogens (tertiary/aromatic N) is 1. The van der Waals surface area contributed by atoms with E-state index in [9.17, 15) is 9.90 Å². The number of halogens is 1. The van der Waals surface area contributed by atoms with Crippen molar-refractivity contribution in [1.82, 2.24) is 4.90 Å². The van der Waals surface area contributed by atoms with Gasteiger partial charge in [0.2, 0.25) is 0 Å². The molecule has 2 rings (SSSR count). The number of aliphatic hydroxyl groups excluding tert-OH is 2. The maximum Gasteiger partial charge on any atom is 0.253 e. The van der Waals surface area contributed by atoms with Gasteiger partial charge in [0, 0.05) is 30.1 Å². The lowest BCUT2D eigenvalue weighted by Crippen LogP contribution is -2.30. The molecule has 1 aliphatic rings. The van der Waals surface area contributed by atoms with Gasteiger partial charge in [0.05, 0.1) is 11.1 Å². The third-order valence-electron chi connectivity index (χ3n) is 3.71. The van der Waals surface area contributed by atoms with Crippen LogP contribution < -0.4 is 0 Å². The second kappa shape index (κ2) is 6.95. The highest BCUT2D eigenvalue weighted by Gasteiger charge is 2.29. The molecule has 1 saturated heterocycles. The van der Waals surface area contributed by atoms with Crippen LogP contribution in [0.1, 0.15) is 29.3 Å². The highest BCUT2D eigenvalue weighted by molar-refractivity contribution is 6.32. The first-order valence-electron chi connectivity index (χ1n) is 6.89. The molecule has 21 heavy (non-hydrogen) atoms. The van der Waals surface area contributed by atoms with Crippen LogP contribution in [0.5, 0.6) is 0 Å². The van der Waals surface area contributed by atoms with Crippen molar-refractivity contribution in [3.8, 4) is 11.8 Å². The Kier molecular flexibility index (Phi) is 5.24. The van der Waals surface area contributed by atoms with Crippen LogP contribution in [0.2, 0.25) is 5.02 Å². The van der Waals surface area contributed by atoms with Gasteiger partial charge in [-0.2, -0.15) is 0 Å². The largest absolute Gasteiger partial charge is 0.393 e. The minimum absolute atomic E-state index is 0.0817. The summed E-state index contributed by atoms with van der Waals surface area (Å²) >= 11 is 6.10. The molecule has 0 spiro atoms. The molecule has 0 aromatic heterocycles.